The minimum Gasteiger partial charge on any atom is -0.351 e. The van der Waals surface area contributed by atoms with Crippen molar-refractivity contribution in [3.63, 3.8) is 0 Å². The summed E-state index contributed by atoms with van der Waals surface area (Å²) in [6.07, 6.45) is 3.75. The quantitative estimate of drug-likeness (QED) is 0.915. The van der Waals surface area contributed by atoms with Crippen LogP contribution in [-0.4, -0.2) is 20.9 Å². The Kier molecular flexibility index (Phi) is 4.27. The highest BCUT2D eigenvalue weighted by molar-refractivity contribution is 9.10. The van der Waals surface area contributed by atoms with Gasteiger partial charge in [0, 0.05) is 22.0 Å². The van der Waals surface area contributed by atoms with Crippen molar-refractivity contribution >= 4 is 33.2 Å². The van der Waals surface area contributed by atoms with Gasteiger partial charge in [0.25, 0.3) is 0 Å². The standard InChI is InChI=1S/C10H11BrN4OS/c11-8-2-6-17-9(8)7-12-10(16)1-4-15-5-3-13-14-15/h2-3,5-6H,1,4,7H2,(H,12,16). The minimum absolute atomic E-state index is 0.0146. The molecule has 0 bridgehead atoms. The van der Waals surface area contributed by atoms with E-state index < -0.39 is 0 Å². The van der Waals surface area contributed by atoms with Gasteiger partial charge in [-0.25, -0.2) is 0 Å². The van der Waals surface area contributed by atoms with Gasteiger partial charge in [0.15, 0.2) is 0 Å². The SMILES string of the molecule is O=C(CCn1ccnn1)NCc1sccc1Br. The van der Waals surface area contributed by atoms with Crippen LogP contribution in [0.3, 0.4) is 0 Å². The summed E-state index contributed by atoms with van der Waals surface area (Å²) in [5.41, 5.74) is 0. The number of rotatable bonds is 5. The van der Waals surface area contributed by atoms with E-state index in [-0.39, 0.29) is 5.91 Å². The van der Waals surface area contributed by atoms with E-state index in [1.54, 1.807) is 28.4 Å². The fraction of sp³-hybridized carbons (Fsp3) is 0.300. The van der Waals surface area contributed by atoms with Crippen LogP contribution in [0.4, 0.5) is 0 Å². The largest absolute Gasteiger partial charge is 0.351 e. The molecule has 2 heterocycles. The lowest BCUT2D eigenvalue weighted by atomic mass is 10.4. The molecular formula is C10H11BrN4OS. The van der Waals surface area contributed by atoms with E-state index >= 15 is 0 Å². The maximum atomic E-state index is 11.6. The van der Waals surface area contributed by atoms with E-state index in [9.17, 15) is 4.79 Å². The molecule has 2 rings (SSSR count). The van der Waals surface area contributed by atoms with Crippen LogP contribution in [0.25, 0.3) is 0 Å². The molecule has 0 aliphatic heterocycles. The minimum atomic E-state index is 0.0146. The van der Waals surface area contributed by atoms with Crippen molar-refractivity contribution in [2.24, 2.45) is 0 Å². The Morgan fingerprint density at radius 3 is 3.12 bits per heavy atom. The Morgan fingerprint density at radius 2 is 2.47 bits per heavy atom. The molecule has 0 aliphatic carbocycles. The number of amides is 1. The number of carbonyl (C=O) groups is 1. The monoisotopic (exact) mass is 314 g/mol. The van der Waals surface area contributed by atoms with Crippen LogP contribution in [0.5, 0.6) is 0 Å². The third kappa shape index (κ3) is 3.64. The Balaban J connectivity index is 1.73. The normalized spacial score (nSPS) is 10.4. The Hall–Kier alpha value is -1.21. The van der Waals surface area contributed by atoms with Crippen molar-refractivity contribution in [2.75, 3.05) is 0 Å². The van der Waals surface area contributed by atoms with Crippen LogP contribution in [0.2, 0.25) is 0 Å². The third-order valence-corrected chi connectivity index (χ3v) is 4.10. The molecule has 0 radical (unpaired) electrons. The van der Waals surface area contributed by atoms with Gasteiger partial charge in [0.05, 0.1) is 19.3 Å². The number of hydrogen-bond acceptors (Lipinski definition) is 4. The van der Waals surface area contributed by atoms with Gasteiger partial charge in [-0.1, -0.05) is 5.21 Å². The van der Waals surface area contributed by atoms with Gasteiger partial charge in [-0.3, -0.25) is 9.48 Å². The lowest BCUT2D eigenvalue weighted by Gasteiger charge is -2.04. The van der Waals surface area contributed by atoms with Gasteiger partial charge < -0.3 is 5.32 Å². The second-order valence-electron chi connectivity index (χ2n) is 3.38. The zero-order valence-corrected chi connectivity index (χ0v) is 11.4. The Morgan fingerprint density at radius 1 is 1.59 bits per heavy atom. The second-order valence-corrected chi connectivity index (χ2v) is 5.24. The van der Waals surface area contributed by atoms with Gasteiger partial charge in [0.1, 0.15) is 0 Å². The maximum Gasteiger partial charge on any atom is 0.222 e. The molecule has 0 aromatic carbocycles. The van der Waals surface area contributed by atoms with Gasteiger partial charge in [-0.05, 0) is 27.4 Å². The molecule has 0 aliphatic rings. The van der Waals surface area contributed by atoms with E-state index in [1.807, 2.05) is 11.4 Å². The molecule has 90 valence electrons. The van der Waals surface area contributed by atoms with Crippen molar-refractivity contribution in [1.29, 1.82) is 0 Å². The zero-order valence-electron chi connectivity index (χ0n) is 8.97. The molecule has 0 saturated carbocycles. The Bertz CT molecular complexity index is 482. The average molecular weight is 315 g/mol. The van der Waals surface area contributed by atoms with Gasteiger partial charge in [-0.15, -0.1) is 16.4 Å². The summed E-state index contributed by atoms with van der Waals surface area (Å²) < 4.78 is 2.68. The predicted molar refractivity (Wildman–Crippen MR) is 68.5 cm³/mol. The van der Waals surface area contributed by atoms with Crippen LogP contribution in [0.15, 0.2) is 28.3 Å². The van der Waals surface area contributed by atoms with Crippen LogP contribution in [0.1, 0.15) is 11.3 Å². The molecule has 2 aromatic heterocycles. The molecule has 2 aromatic rings. The number of nitrogens with one attached hydrogen (secondary N) is 1. The molecule has 0 spiro atoms. The van der Waals surface area contributed by atoms with Crippen LogP contribution in [0, 0.1) is 0 Å². The predicted octanol–water partition coefficient (Wildman–Crippen LogP) is 1.81. The van der Waals surface area contributed by atoms with Crippen molar-refractivity contribution in [1.82, 2.24) is 20.3 Å². The van der Waals surface area contributed by atoms with Crippen molar-refractivity contribution in [3.8, 4) is 0 Å². The molecule has 0 fully saturated rings. The fourth-order valence-electron chi connectivity index (χ4n) is 1.29. The van der Waals surface area contributed by atoms with Crippen molar-refractivity contribution < 1.29 is 4.79 Å². The topological polar surface area (TPSA) is 59.8 Å². The molecule has 1 N–H and O–H groups in total. The molecule has 1 amide bonds. The van der Waals surface area contributed by atoms with E-state index in [2.05, 4.69) is 31.6 Å². The number of thiophene rings is 1. The lowest BCUT2D eigenvalue weighted by molar-refractivity contribution is -0.121. The highest BCUT2D eigenvalue weighted by atomic mass is 79.9. The maximum absolute atomic E-state index is 11.6. The number of halogens is 1. The molecule has 0 saturated heterocycles. The molecular weight excluding hydrogens is 304 g/mol. The van der Waals surface area contributed by atoms with E-state index in [4.69, 9.17) is 0 Å². The summed E-state index contributed by atoms with van der Waals surface area (Å²) in [6, 6.07) is 1.97. The van der Waals surface area contributed by atoms with Crippen LogP contribution in [-0.2, 0) is 17.9 Å². The van der Waals surface area contributed by atoms with Gasteiger partial charge in [0.2, 0.25) is 5.91 Å². The molecule has 0 atom stereocenters. The zero-order chi connectivity index (χ0) is 12.1. The summed E-state index contributed by atoms with van der Waals surface area (Å²) >= 11 is 5.04. The van der Waals surface area contributed by atoms with Crippen LogP contribution >= 0.6 is 27.3 Å². The Labute approximate surface area is 111 Å². The third-order valence-electron chi connectivity index (χ3n) is 2.18. The highest BCUT2D eigenvalue weighted by Gasteiger charge is 2.05. The number of aromatic nitrogens is 3. The molecule has 17 heavy (non-hydrogen) atoms. The average Bonchev–Trinajstić information content (AvgIpc) is 2.95. The first-order valence-corrected chi connectivity index (χ1v) is 6.75. The van der Waals surface area contributed by atoms with E-state index in [1.165, 1.54) is 0 Å². The lowest BCUT2D eigenvalue weighted by Crippen LogP contribution is -2.23. The van der Waals surface area contributed by atoms with Crippen LogP contribution < -0.4 is 5.32 Å². The summed E-state index contributed by atoms with van der Waals surface area (Å²) in [5.74, 6) is 0.0146. The highest BCUT2D eigenvalue weighted by Crippen LogP contribution is 2.22. The first kappa shape index (κ1) is 12.3. The molecule has 7 heteroatoms. The summed E-state index contributed by atoms with van der Waals surface area (Å²) in [5, 5.41) is 12.3. The summed E-state index contributed by atoms with van der Waals surface area (Å²) in [7, 11) is 0. The second kappa shape index (κ2) is 5.92. The first-order chi connectivity index (χ1) is 8.25. The van der Waals surface area contributed by atoms with Gasteiger partial charge >= 0.3 is 0 Å². The fourth-order valence-corrected chi connectivity index (χ4v) is 2.72. The molecule has 5 nitrogen and oxygen atoms in total. The van der Waals surface area contributed by atoms with E-state index in [0.717, 1.165) is 9.35 Å². The first-order valence-electron chi connectivity index (χ1n) is 5.08. The van der Waals surface area contributed by atoms with Crippen molar-refractivity contribution in [3.05, 3.63) is 33.2 Å². The number of hydrogen-bond donors (Lipinski definition) is 1. The number of carbonyl (C=O) groups excluding carboxylic acids is 1. The van der Waals surface area contributed by atoms with Crippen molar-refractivity contribution in [2.45, 2.75) is 19.5 Å². The summed E-state index contributed by atoms with van der Waals surface area (Å²) in [4.78, 5) is 12.7. The number of nitrogens with zero attached hydrogens (tertiary/aromatic N) is 3. The smallest absolute Gasteiger partial charge is 0.222 e. The van der Waals surface area contributed by atoms with E-state index in [0.29, 0.717) is 19.5 Å². The number of aryl methyl sites for hydroxylation is 1. The summed E-state index contributed by atoms with van der Waals surface area (Å²) in [6.45, 7) is 1.12. The van der Waals surface area contributed by atoms with Gasteiger partial charge in [-0.2, -0.15) is 0 Å². The molecule has 0 unspecified atom stereocenters.